The molecule has 1 fully saturated rings. The highest BCUT2D eigenvalue weighted by Gasteiger charge is 2.29. The first-order valence-electron chi connectivity index (χ1n) is 6.97. The molecule has 0 bridgehead atoms. The van der Waals surface area contributed by atoms with Crippen molar-refractivity contribution >= 4 is 39.1 Å². The molecule has 1 aromatic rings. The second-order valence-electron chi connectivity index (χ2n) is 5.21. The molecular weight excluding hydrogens is 354 g/mol. The van der Waals surface area contributed by atoms with Crippen molar-refractivity contribution in [1.29, 1.82) is 0 Å². The van der Waals surface area contributed by atoms with Gasteiger partial charge in [-0.05, 0) is 48.0 Å². The summed E-state index contributed by atoms with van der Waals surface area (Å²) in [6, 6.07) is 3.87. The first-order valence-corrected chi connectivity index (χ1v) is 8.58. The standard InChI is InChI=1S/C14H20BrN3O2S/c1-16-8-10-4-3-7-18(10)13(19)9-17(2)14(20)11-5-6-12(15)21-11/h5-6,10,16H,3-4,7-9H2,1-2H3. The second kappa shape index (κ2) is 7.38. The first-order chi connectivity index (χ1) is 10.0. The van der Waals surface area contributed by atoms with E-state index in [1.807, 2.05) is 18.0 Å². The number of thiophene rings is 1. The number of nitrogens with one attached hydrogen (secondary N) is 1. The molecule has 2 amide bonds. The lowest BCUT2D eigenvalue weighted by atomic mass is 10.2. The summed E-state index contributed by atoms with van der Waals surface area (Å²) < 4.78 is 0.916. The number of rotatable bonds is 5. The van der Waals surface area contributed by atoms with Crippen LogP contribution in [0.2, 0.25) is 0 Å². The molecule has 2 heterocycles. The molecule has 1 atom stereocenters. The van der Waals surface area contributed by atoms with Gasteiger partial charge >= 0.3 is 0 Å². The van der Waals surface area contributed by atoms with Gasteiger partial charge in [-0.2, -0.15) is 0 Å². The zero-order valence-electron chi connectivity index (χ0n) is 12.3. The fraction of sp³-hybridized carbons (Fsp3) is 0.571. The molecule has 2 rings (SSSR count). The van der Waals surface area contributed by atoms with Crippen molar-refractivity contribution in [2.75, 3.05) is 33.7 Å². The summed E-state index contributed by atoms with van der Waals surface area (Å²) in [6.45, 7) is 1.73. The van der Waals surface area contributed by atoms with Crippen LogP contribution in [0.1, 0.15) is 22.5 Å². The molecule has 0 spiro atoms. The summed E-state index contributed by atoms with van der Waals surface area (Å²) in [6.07, 6.45) is 2.07. The van der Waals surface area contributed by atoms with Gasteiger partial charge in [0.05, 0.1) is 15.2 Å². The highest BCUT2D eigenvalue weighted by molar-refractivity contribution is 9.11. The van der Waals surface area contributed by atoms with E-state index in [-0.39, 0.29) is 24.4 Å². The van der Waals surface area contributed by atoms with Gasteiger partial charge in [-0.15, -0.1) is 11.3 Å². The Morgan fingerprint density at radius 1 is 1.52 bits per heavy atom. The van der Waals surface area contributed by atoms with Crippen molar-refractivity contribution in [3.8, 4) is 0 Å². The Hall–Kier alpha value is -0.920. The minimum Gasteiger partial charge on any atom is -0.337 e. The van der Waals surface area contributed by atoms with Crippen molar-refractivity contribution < 1.29 is 9.59 Å². The van der Waals surface area contributed by atoms with Gasteiger partial charge < -0.3 is 15.1 Å². The topological polar surface area (TPSA) is 52.7 Å². The Kier molecular flexibility index (Phi) is 5.78. The minimum atomic E-state index is -0.108. The normalized spacial score (nSPS) is 18.0. The van der Waals surface area contributed by atoms with Crippen LogP contribution in [0.15, 0.2) is 15.9 Å². The van der Waals surface area contributed by atoms with E-state index >= 15 is 0 Å². The molecule has 1 N–H and O–H groups in total. The lowest BCUT2D eigenvalue weighted by molar-refractivity contribution is -0.132. The van der Waals surface area contributed by atoms with Crippen LogP contribution in [0.3, 0.4) is 0 Å². The van der Waals surface area contributed by atoms with Crippen LogP contribution in [0.25, 0.3) is 0 Å². The number of likely N-dealkylation sites (N-methyl/N-ethyl adjacent to an activating group) is 2. The Labute approximate surface area is 137 Å². The third-order valence-electron chi connectivity index (χ3n) is 3.64. The smallest absolute Gasteiger partial charge is 0.264 e. The van der Waals surface area contributed by atoms with E-state index in [0.29, 0.717) is 4.88 Å². The Morgan fingerprint density at radius 3 is 2.90 bits per heavy atom. The molecule has 7 heteroatoms. The maximum Gasteiger partial charge on any atom is 0.264 e. The zero-order valence-corrected chi connectivity index (χ0v) is 14.7. The molecule has 1 aromatic heterocycles. The summed E-state index contributed by atoms with van der Waals surface area (Å²) in [4.78, 5) is 28.7. The summed E-state index contributed by atoms with van der Waals surface area (Å²) in [5.41, 5.74) is 0. The maximum absolute atomic E-state index is 12.4. The molecule has 1 saturated heterocycles. The molecule has 1 aliphatic heterocycles. The highest BCUT2D eigenvalue weighted by Crippen LogP contribution is 2.23. The number of halogens is 1. The number of amides is 2. The predicted molar refractivity (Wildman–Crippen MR) is 87.6 cm³/mol. The van der Waals surface area contributed by atoms with Gasteiger partial charge in [-0.3, -0.25) is 9.59 Å². The molecule has 21 heavy (non-hydrogen) atoms. The van der Waals surface area contributed by atoms with E-state index in [2.05, 4.69) is 21.2 Å². The molecular formula is C14H20BrN3O2S. The Morgan fingerprint density at radius 2 is 2.29 bits per heavy atom. The molecule has 1 aliphatic rings. The van der Waals surface area contributed by atoms with Gasteiger partial charge in [-0.1, -0.05) is 0 Å². The van der Waals surface area contributed by atoms with E-state index in [4.69, 9.17) is 0 Å². The molecule has 0 radical (unpaired) electrons. The average Bonchev–Trinajstić information content (AvgIpc) is 3.07. The minimum absolute atomic E-state index is 0.0271. The van der Waals surface area contributed by atoms with Crippen molar-refractivity contribution in [3.63, 3.8) is 0 Å². The van der Waals surface area contributed by atoms with Crippen LogP contribution in [0.5, 0.6) is 0 Å². The average molecular weight is 374 g/mol. The van der Waals surface area contributed by atoms with Gasteiger partial charge in [-0.25, -0.2) is 0 Å². The van der Waals surface area contributed by atoms with Gasteiger partial charge in [0, 0.05) is 26.2 Å². The fourth-order valence-electron chi connectivity index (χ4n) is 2.59. The molecule has 0 saturated carbocycles. The third-order valence-corrected chi connectivity index (χ3v) is 5.25. The van der Waals surface area contributed by atoms with Crippen molar-refractivity contribution in [2.45, 2.75) is 18.9 Å². The van der Waals surface area contributed by atoms with Gasteiger partial charge in [0.15, 0.2) is 0 Å². The van der Waals surface area contributed by atoms with Crippen LogP contribution < -0.4 is 5.32 Å². The predicted octanol–water partition coefficient (Wildman–Crippen LogP) is 1.79. The molecule has 0 aliphatic carbocycles. The lowest BCUT2D eigenvalue weighted by Gasteiger charge is -2.27. The summed E-state index contributed by atoms with van der Waals surface area (Å²) in [5, 5.41) is 3.12. The van der Waals surface area contributed by atoms with E-state index < -0.39 is 0 Å². The van der Waals surface area contributed by atoms with E-state index in [1.54, 1.807) is 13.1 Å². The van der Waals surface area contributed by atoms with Crippen LogP contribution in [0, 0.1) is 0 Å². The highest BCUT2D eigenvalue weighted by atomic mass is 79.9. The van der Waals surface area contributed by atoms with Crippen LogP contribution in [-0.4, -0.2) is 61.4 Å². The monoisotopic (exact) mass is 373 g/mol. The maximum atomic E-state index is 12.4. The molecule has 5 nitrogen and oxygen atoms in total. The third kappa shape index (κ3) is 4.05. The number of carbonyl (C=O) groups excluding carboxylic acids is 2. The van der Waals surface area contributed by atoms with Crippen LogP contribution in [-0.2, 0) is 4.79 Å². The summed E-state index contributed by atoms with van der Waals surface area (Å²) in [7, 11) is 3.57. The fourth-order valence-corrected chi connectivity index (χ4v) is 3.98. The number of hydrogen-bond donors (Lipinski definition) is 1. The SMILES string of the molecule is CNCC1CCCN1C(=O)CN(C)C(=O)c1ccc(Br)s1. The molecule has 0 aromatic carbocycles. The largest absolute Gasteiger partial charge is 0.337 e. The summed E-state index contributed by atoms with van der Waals surface area (Å²) >= 11 is 4.73. The quantitative estimate of drug-likeness (QED) is 0.855. The molecule has 1 unspecified atom stereocenters. The number of carbonyl (C=O) groups is 2. The van der Waals surface area contributed by atoms with Crippen LogP contribution in [0.4, 0.5) is 0 Å². The van der Waals surface area contributed by atoms with Crippen molar-refractivity contribution in [1.82, 2.24) is 15.1 Å². The van der Waals surface area contributed by atoms with E-state index in [9.17, 15) is 9.59 Å². The van der Waals surface area contributed by atoms with Crippen LogP contribution >= 0.6 is 27.3 Å². The zero-order chi connectivity index (χ0) is 15.4. The first kappa shape index (κ1) is 16.5. The Balaban J connectivity index is 1.94. The van der Waals surface area contributed by atoms with Gasteiger partial charge in [0.25, 0.3) is 5.91 Å². The lowest BCUT2D eigenvalue weighted by Crippen LogP contribution is -2.46. The van der Waals surface area contributed by atoms with E-state index in [0.717, 1.165) is 29.7 Å². The number of nitrogens with zero attached hydrogens (tertiary/aromatic N) is 2. The Bertz CT molecular complexity index is 520. The number of likely N-dealkylation sites (tertiary alicyclic amines) is 1. The second-order valence-corrected chi connectivity index (χ2v) is 7.67. The van der Waals surface area contributed by atoms with E-state index in [1.165, 1.54) is 16.2 Å². The number of hydrogen-bond acceptors (Lipinski definition) is 4. The van der Waals surface area contributed by atoms with Gasteiger partial charge in [0.2, 0.25) is 5.91 Å². The summed E-state index contributed by atoms with van der Waals surface area (Å²) in [5.74, 6) is -0.0809. The molecule has 116 valence electrons. The van der Waals surface area contributed by atoms with Crippen molar-refractivity contribution in [2.24, 2.45) is 0 Å². The van der Waals surface area contributed by atoms with Gasteiger partial charge in [0.1, 0.15) is 0 Å². The van der Waals surface area contributed by atoms with Crippen molar-refractivity contribution in [3.05, 3.63) is 20.8 Å².